The monoisotopic (exact) mass is 514 g/mol. The van der Waals surface area contributed by atoms with Gasteiger partial charge in [0.1, 0.15) is 6.61 Å². The molecule has 5 nitrogen and oxygen atoms in total. The van der Waals surface area contributed by atoms with Crippen LogP contribution in [-0.2, 0) is 24.2 Å². The maximum absolute atomic E-state index is 12.2. The summed E-state index contributed by atoms with van der Waals surface area (Å²) < 4.78 is 12.1. The Balaban J connectivity index is 1.60. The van der Waals surface area contributed by atoms with Gasteiger partial charge < -0.3 is 9.47 Å². The first-order valence-electron chi connectivity index (χ1n) is 10.1. The summed E-state index contributed by atoms with van der Waals surface area (Å²) >= 11 is 9.45. The van der Waals surface area contributed by atoms with Crippen LogP contribution in [-0.4, -0.2) is 19.2 Å². The van der Waals surface area contributed by atoms with E-state index < -0.39 is 0 Å². The highest BCUT2D eigenvalue weighted by atomic mass is 79.9. The number of hydrogen-bond donors (Lipinski definition) is 1. The van der Waals surface area contributed by atoms with Crippen LogP contribution in [0.5, 0.6) is 11.5 Å². The molecule has 0 heterocycles. The number of ether oxygens (including phenoxy) is 2. The van der Waals surface area contributed by atoms with E-state index in [1.54, 1.807) is 19.4 Å². The van der Waals surface area contributed by atoms with E-state index in [1.165, 1.54) is 5.56 Å². The second kappa shape index (κ2) is 11.7. The lowest BCUT2D eigenvalue weighted by Crippen LogP contribution is -2.19. The highest BCUT2D eigenvalue weighted by Gasteiger charge is 2.12. The molecule has 0 unspecified atom stereocenters. The standard InChI is InChI=1S/C25H24BrClN2O3/c1-3-17-4-6-18(7-5-17)14-24(30)29-28-15-20-12-22(26)25(23(13-20)31-2)32-16-19-8-10-21(27)11-9-19/h4-13,15H,3,14,16H2,1-2H3,(H,29,30)/b28-15+. The van der Waals surface area contributed by atoms with Crippen LogP contribution in [0.1, 0.15) is 29.2 Å². The van der Waals surface area contributed by atoms with Crippen LogP contribution in [0.3, 0.4) is 0 Å². The highest BCUT2D eigenvalue weighted by Crippen LogP contribution is 2.36. The lowest BCUT2D eigenvalue weighted by Gasteiger charge is -2.13. The summed E-state index contributed by atoms with van der Waals surface area (Å²) in [5.74, 6) is 0.954. The van der Waals surface area contributed by atoms with Crippen molar-refractivity contribution in [3.8, 4) is 11.5 Å². The van der Waals surface area contributed by atoms with Crippen molar-refractivity contribution in [1.29, 1.82) is 0 Å². The number of hydrogen-bond acceptors (Lipinski definition) is 4. The lowest BCUT2D eigenvalue weighted by molar-refractivity contribution is -0.120. The number of carbonyl (C=O) groups excluding carboxylic acids is 1. The Morgan fingerprint density at radius 1 is 1.06 bits per heavy atom. The van der Waals surface area contributed by atoms with E-state index in [4.69, 9.17) is 21.1 Å². The summed E-state index contributed by atoms with van der Waals surface area (Å²) in [5, 5.41) is 4.74. The fraction of sp³-hybridized carbons (Fsp3) is 0.200. The molecule has 0 saturated heterocycles. The molecule has 0 aromatic heterocycles. The van der Waals surface area contributed by atoms with Crippen LogP contribution >= 0.6 is 27.5 Å². The molecule has 0 aliphatic rings. The zero-order valence-electron chi connectivity index (χ0n) is 17.9. The van der Waals surface area contributed by atoms with E-state index in [9.17, 15) is 4.79 Å². The SMILES string of the molecule is CCc1ccc(CC(=O)N/N=C/c2cc(Br)c(OCc3ccc(Cl)cc3)c(OC)c2)cc1. The largest absolute Gasteiger partial charge is 0.493 e. The molecule has 3 rings (SSSR count). The van der Waals surface area contributed by atoms with Crippen LogP contribution in [0.25, 0.3) is 0 Å². The summed E-state index contributed by atoms with van der Waals surface area (Å²) in [7, 11) is 1.57. The van der Waals surface area contributed by atoms with Crippen LogP contribution < -0.4 is 14.9 Å². The third-order valence-corrected chi connectivity index (χ3v) is 5.59. The van der Waals surface area contributed by atoms with Gasteiger partial charge in [0.2, 0.25) is 5.91 Å². The van der Waals surface area contributed by atoms with Crippen molar-refractivity contribution in [2.75, 3.05) is 7.11 Å². The Kier molecular flexibility index (Phi) is 8.71. The van der Waals surface area contributed by atoms with E-state index in [2.05, 4.69) is 33.4 Å². The summed E-state index contributed by atoms with van der Waals surface area (Å²) in [6.07, 6.45) is 2.81. The van der Waals surface area contributed by atoms with Crippen molar-refractivity contribution >= 4 is 39.7 Å². The Bertz CT molecular complexity index is 1080. The average Bonchev–Trinajstić information content (AvgIpc) is 2.79. The van der Waals surface area contributed by atoms with Gasteiger partial charge in [0.15, 0.2) is 11.5 Å². The first-order valence-corrected chi connectivity index (χ1v) is 11.3. The number of nitrogens with zero attached hydrogens (tertiary/aromatic N) is 1. The normalized spacial score (nSPS) is 10.9. The van der Waals surface area contributed by atoms with Gasteiger partial charge in [-0.3, -0.25) is 4.79 Å². The molecule has 0 radical (unpaired) electrons. The maximum atomic E-state index is 12.2. The highest BCUT2D eigenvalue weighted by molar-refractivity contribution is 9.10. The van der Waals surface area contributed by atoms with E-state index >= 15 is 0 Å². The van der Waals surface area contributed by atoms with E-state index in [0.717, 1.165) is 27.6 Å². The maximum Gasteiger partial charge on any atom is 0.244 e. The Morgan fingerprint density at radius 3 is 2.38 bits per heavy atom. The van der Waals surface area contributed by atoms with Crippen molar-refractivity contribution in [1.82, 2.24) is 5.43 Å². The fourth-order valence-corrected chi connectivity index (χ4v) is 3.69. The molecule has 7 heteroatoms. The van der Waals surface area contributed by atoms with Gasteiger partial charge in [0.05, 0.1) is 24.2 Å². The first-order chi connectivity index (χ1) is 15.5. The summed E-state index contributed by atoms with van der Waals surface area (Å²) in [5.41, 5.74) is 6.49. The third kappa shape index (κ3) is 6.84. The molecule has 0 aliphatic carbocycles. The number of carbonyl (C=O) groups is 1. The van der Waals surface area contributed by atoms with Gasteiger partial charge in [-0.25, -0.2) is 5.43 Å². The minimum Gasteiger partial charge on any atom is -0.493 e. The zero-order valence-corrected chi connectivity index (χ0v) is 20.2. The van der Waals surface area contributed by atoms with Gasteiger partial charge in [-0.2, -0.15) is 5.10 Å². The van der Waals surface area contributed by atoms with Gasteiger partial charge >= 0.3 is 0 Å². The van der Waals surface area contributed by atoms with Crippen LogP contribution in [0.15, 0.2) is 70.2 Å². The number of methoxy groups -OCH3 is 1. The molecule has 0 bridgehead atoms. The van der Waals surface area contributed by atoms with Gasteiger partial charge in [-0.1, -0.05) is 54.9 Å². The van der Waals surface area contributed by atoms with Crippen LogP contribution in [0.4, 0.5) is 0 Å². The molecule has 0 saturated carbocycles. The fourth-order valence-electron chi connectivity index (χ4n) is 2.99. The van der Waals surface area contributed by atoms with Crippen molar-refractivity contribution < 1.29 is 14.3 Å². The zero-order chi connectivity index (χ0) is 22.9. The molecule has 0 spiro atoms. The predicted molar refractivity (Wildman–Crippen MR) is 132 cm³/mol. The molecule has 32 heavy (non-hydrogen) atoms. The van der Waals surface area contributed by atoms with Crippen molar-refractivity contribution in [2.24, 2.45) is 5.10 Å². The summed E-state index contributed by atoms with van der Waals surface area (Å²) in [6.45, 7) is 2.47. The van der Waals surface area contributed by atoms with Crippen molar-refractivity contribution in [3.05, 3.63) is 92.4 Å². The van der Waals surface area contributed by atoms with Crippen LogP contribution in [0, 0.1) is 0 Å². The lowest BCUT2D eigenvalue weighted by atomic mass is 10.1. The molecule has 0 fully saturated rings. The quantitative estimate of drug-likeness (QED) is 0.283. The third-order valence-electron chi connectivity index (χ3n) is 4.75. The predicted octanol–water partition coefficient (Wildman–Crippen LogP) is 5.95. The van der Waals surface area contributed by atoms with E-state index in [0.29, 0.717) is 23.1 Å². The summed E-state index contributed by atoms with van der Waals surface area (Å²) in [4.78, 5) is 12.2. The van der Waals surface area contributed by atoms with Gasteiger partial charge in [-0.05, 0) is 68.9 Å². The Morgan fingerprint density at radius 2 is 1.72 bits per heavy atom. The van der Waals surface area contributed by atoms with Crippen molar-refractivity contribution in [2.45, 2.75) is 26.4 Å². The van der Waals surface area contributed by atoms with Gasteiger partial charge in [0.25, 0.3) is 0 Å². The van der Waals surface area contributed by atoms with Gasteiger partial charge in [0, 0.05) is 5.02 Å². The molecular formula is C25H24BrClN2O3. The molecule has 0 aliphatic heterocycles. The van der Waals surface area contributed by atoms with Crippen molar-refractivity contribution in [3.63, 3.8) is 0 Å². The minimum absolute atomic E-state index is 0.181. The number of rotatable bonds is 9. The number of amides is 1. The van der Waals surface area contributed by atoms with Gasteiger partial charge in [-0.15, -0.1) is 0 Å². The number of nitrogens with one attached hydrogen (secondary N) is 1. The topological polar surface area (TPSA) is 59.9 Å². The van der Waals surface area contributed by atoms with Crippen LogP contribution in [0.2, 0.25) is 5.02 Å². The molecule has 0 atom stereocenters. The molecule has 3 aromatic carbocycles. The molecular weight excluding hydrogens is 492 g/mol. The van der Waals surface area contributed by atoms with E-state index in [1.807, 2.05) is 54.6 Å². The van der Waals surface area contributed by atoms with E-state index in [-0.39, 0.29) is 12.3 Å². The first kappa shape index (κ1) is 23.8. The molecule has 1 N–H and O–H groups in total. The smallest absolute Gasteiger partial charge is 0.244 e. The number of aryl methyl sites for hydroxylation is 1. The second-order valence-electron chi connectivity index (χ2n) is 7.09. The molecule has 166 valence electrons. The molecule has 3 aromatic rings. The number of halogens is 2. The Hall–Kier alpha value is -2.83. The number of benzene rings is 3. The number of hydrazone groups is 1. The second-order valence-corrected chi connectivity index (χ2v) is 8.38. The minimum atomic E-state index is -0.181. The average molecular weight is 516 g/mol. The molecule has 1 amide bonds. The Labute approximate surface area is 201 Å². The summed E-state index contributed by atoms with van der Waals surface area (Å²) in [6, 6.07) is 19.1.